The van der Waals surface area contributed by atoms with Crippen LogP contribution in [-0.2, 0) is 0 Å². The van der Waals surface area contributed by atoms with Crippen LogP contribution in [0.3, 0.4) is 0 Å². The van der Waals surface area contributed by atoms with E-state index in [-0.39, 0.29) is 0 Å². The molecule has 2 fully saturated rings. The lowest BCUT2D eigenvalue weighted by Crippen LogP contribution is -2.06. The zero-order valence-corrected chi connectivity index (χ0v) is 23.8. The van der Waals surface area contributed by atoms with Gasteiger partial charge in [-0.2, -0.15) is 0 Å². The lowest BCUT2D eigenvalue weighted by atomic mass is 10.4. The van der Waals surface area contributed by atoms with Gasteiger partial charge in [0.15, 0.2) is 34.0 Å². The van der Waals surface area contributed by atoms with Crippen molar-refractivity contribution in [1.82, 2.24) is 15.0 Å². The summed E-state index contributed by atoms with van der Waals surface area (Å²) in [6, 6.07) is 9.31. The van der Waals surface area contributed by atoms with Crippen molar-refractivity contribution in [3.63, 3.8) is 0 Å². The molecule has 0 aliphatic heterocycles. The van der Waals surface area contributed by atoms with Crippen LogP contribution in [0, 0.1) is 15.4 Å². The summed E-state index contributed by atoms with van der Waals surface area (Å²) in [5, 5.41) is 7.01. The van der Waals surface area contributed by atoms with E-state index in [0.717, 1.165) is 51.6 Å². The number of nitrogens with zero attached hydrogens (tertiary/aromatic N) is 3. The van der Waals surface area contributed by atoms with E-state index >= 15 is 0 Å². The van der Waals surface area contributed by atoms with Crippen molar-refractivity contribution in [2.75, 3.05) is 45.1 Å². The number of nitrogens with one attached hydrogen (secondary N) is 2. The first-order valence-corrected chi connectivity index (χ1v) is 13.3. The number of hydrogen-bond donors (Lipinski definition) is 2. The quantitative estimate of drug-likeness (QED) is 0.216. The van der Waals surface area contributed by atoms with Crippen LogP contribution in [0.2, 0.25) is 5.15 Å². The summed E-state index contributed by atoms with van der Waals surface area (Å²) in [4.78, 5) is 12.3. The number of halogens is 2. The Kier molecular flexibility index (Phi) is 11.6. The Morgan fingerprint density at radius 1 is 0.806 bits per heavy atom. The molecule has 2 aliphatic carbocycles. The maximum atomic E-state index is 5.59. The summed E-state index contributed by atoms with van der Waals surface area (Å²) in [6.45, 7) is 2.04. The second-order valence-corrected chi connectivity index (χ2v) is 10.0. The number of rotatable bonds is 9. The summed E-state index contributed by atoms with van der Waals surface area (Å²) < 4.78 is 16.4. The molecule has 0 amide bonds. The molecular formula is C26H33ClIN5O3. The zero-order chi connectivity index (χ0) is 25.8. The fraction of sp³-hybridized carbons (Fsp3) is 0.423. The first-order chi connectivity index (χ1) is 17.5. The average molecular weight is 626 g/mol. The van der Waals surface area contributed by atoms with Gasteiger partial charge in [-0.05, 0) is 90.4 Å². The molecule has 0 radical (unpaired) electrons. The molecule has 3 heterocycles. The highest BCUT2D eigenvalue weighted by Crippen LogP contribution is 2.31. The van der Waals surface area contributed by atoms with Gasteiger partial charge in [0.05, 0.1) is 21.3 Å². The molecule has 3 aromatic heterocycles. The third-order valence-electron chi connectivity index (χ3n) is 5.48. The van der Waals surface area contributed by atoms with Crippen LogP contribution in [0.4, 0.5) is 11.6 Å². The minimum Gasteiger partial charge on any atom is -0.494 e. The van der Waals surface area contributed by atoms with E-state index in [1.165, 1.54) is 25.7 Å². The zero-order valence-electron chi connectivity index (χ0n) is 20.8. The summed E-state index contributed by atoms with van der Waals surface area (Å²) in [5.74, 6) is 5.68. The lowest BCUT2D eigenvalue weighted by Gasteiger charge is -2.09. The van der Waals surface area contributed by atoms with Crippen LogP contribution < -0.4 is 24.8 Å². The minimum absolute atomic E-state index is 0.403. The van der Waals surface area contributed by atoms with Crippen molar-refractivity contribution in [3.8, 4) is 17.2 Å². The van der Waals surface area contributed by atoms with Gasteiger partial charge in [0.2, 0.25) is 0 Å². The van der Waals surface area contributed by atoms with Crippen LogP contribution >= 0.6 is 34.2 Å². The molecule has 0 atom stereocenters. The Labute approximate surface area is 231 Å². The van der Waals surface area contributed by atoms with Gasteiger partial charge in [0.25, 0.3) is 0 Å². The van der Waals surface area contributed by atoms with Gasteiger partial charge in [0.1, 0.15) is 0 Å². The number of pyridine rings is 3. The highest BCUT2D eigenvalue weighted by atomic mass is 127. The topological polar surface area (TPSA) is 90.4 Å². The van der Waals surface area contributed by atoms with Crippen molar-refractivity contribution in [1.29, 1.82) is 0 Å². The van der Waals surface area contributed by atoms with E-state index in [4.69, 9.17) is 25.8 Å². The first-order valence-electron chi connectivity index (χ1n) is 11.8. The van der Waals surface area contributed by atoms with Crippen LogP contribution in [0.5, 0.6) is 17.2 Å². The Hall–Kier alpha value is -2.53. The number of aromatic nitrogens is 3. The maximum absolute atomic E-state index is 5.59. The third-order valence-corrected chi connectivity index (χ3v) is 6.36. The van der Waals surface area contributed by atoms with Crippen molar-refractivity contribution in [2.24, 2.45) is 11.8 Å². The molecule has 8 nitrogen and oxygen atoms in total. The van der Waals surface area contributed by atoms with Crippen molar-refractivity contribution in [3.05, 3.63) is 57.6 Å². The molecule has 3 aromatic rings. The molecule has 10 heteroatoms. The lowest BCUT2D eigenvalue weighted by molar-refractivity contribution is 0.413. The molecule has 0 aromatic carbocycles. The van der Waals surface area contributed by atoms with Gasteiger partial charge >= 0.3 is 0 Å². The SMILES string of the molecule is COc1cc(I)cnc1NCC1CC1.COc1cccnc1Cl.COc1cccnc1NCC1CC1. The molecule has 5 rings (SSSR count). The summed E-state index contributed by atoms with van der Waals surface area (Å²) >= 11 is 7.82. The number of methoxy groups -OCH3 is 3. The van der Waals surface area contributed by atoms with E-state index in [1.54, 1.807) is 45.9 Å². The number of ether oxygens (including phenoxy) is 3. The third kappa shape index (κ3) is 9.85. The van der Waals surface area contributed by atoms with Gasteiger partial charge < -0.3 is 24.8 Å². The summed E-state index contributed by atoms with van der Waals surface area (Å²) in [6.07, 6.45) is 10.6. The molecule has 2 N–H and O–H groups in total. The fourth-order valence-corrected chi connectivity index (χ4v) is 3.67. The normalized spacial score (nSPS) is 13.8. The molecule has 2 saturated carbocycles. The highest BCUT2D eigenvalue weighted by Gasteiger charge is 2.22. The number of hydrogen-bond acceptors (Lipinski definition) is 8. The number of anilines is 2. The van der Waals surface area contributed by atoms with Crippen LogP contribution in [0.25, 0.3) is 0 Å². The standard InChI is InChI=1S/C10H13IN2O.C10H14N2O.C6H6ClNO/c1-14-9-4-8(11)6-13-10(9)12-5-7-2-3-7;1-13-9-3-2-6-11-10(9)12-7-8-4-5-8;1-9-5-3-2-4-8-6(5)7/h4,6-7H,2-3,5H2,1H3,(H,12,13);2-3,6,8H,4-5,7H2,1H3,(H,11,12);2-4H,1H3. The van der Waals surface area contributed by atoms with E-state index in [9.17, 15) is 0 Å². The average Bonchev–Trinajstić information content (AvgIpc) is 3.83. The Balaban J connectivity index is 0.000000154. The minimum atomic E-state index is 0.403. The Morgan fingerprint density at radius 3 is 1.83 bits per heavy atom. The van der Waals surface area contributed by atoms with Crippen molar-refractivity contribution < 1.29 is 14.2 Å². The smallest absolute Gasteiger partial charge is 0.171 e. The van der Waals surface area contributed by atoms with E-state index in [0.29, 0.717) is 10.9 Å². The van der Waals surface area contributed by atoms with Crippen LogP contribution in [0.1, 0.15) is 25.7 Å². The summed E-state index contributed by atoms with van der Waals surface area (Å²) in [5.41, 5.74) is 0. The van der Waals surface area contributed by atoms with Crippen molar-refractivity contribution >= 4 is 45.8 Å². The van der Waals surface area contributed by atoms with Gasteiger partial charge in [-0.15, -0.1) is 0 Å². The predicted octanol–water partition coefficient (Wildman–Crippen LogP) is 6.17. The molecule has 194 valence electrons. The van der Waals surface area contributed by atoms with Crippen molar-refractivity contribution in [2.45, 2.75) is 25.7 Å². The van der Waals surface area contributed by atoms with E-state index in [2.05, 4.69) is 48.2 Å². The van der Waals surface area contributed by atoms with E-state index in [1.807, 2.05) is 24.4 Å². The molecule has 0 saturated heterocycles. The van der Waals surface area contributed by atoms with Gasteiger partial charge in [-0.1, -0.05) is 11.6 Å². The molecule has 0 bridgehead atoms. The largest absolute Gasteiger partial charge is 0.494 e. The van der Waals surface area contributed by atoms with Gasteiger partial charge in [-0.3, -0.25) is 0 Å². The summed E-state index contributed by atoms with van der Waals surface area (Å²) in [7, 11) is 4.90. The van der Waals surface area contributed by atoms with Gasteiger partial charge in [0, 0.05) is 35.3 Å². The van der Waals surface area contributed by atoms with Gasteiger partial charge in [-0.25, -0.2) is 15.0 Å². The van der Waals surface area contributed by atoms with Crippen LogP contribution in [0.15, 0.2) is 48.9 Å². The molecule has 2 aliphatic rings. The maximum Gasteiger partial charge on any atom is 0.171 e. The van der Waals surface area contributed by atoms with E-state index < -0.39 is 0 Å². The first kappa shape index (κ1) is 28.0. The molecule has 36 heavy (non-hydrogen) atoms. The Morgan fingerprint density at radius 2 is 1.33 bits per heavy atom. The molecular weight excluding hydrogens is 593 g/mol. The highest BCUT2D eigenvalue weighted by molar-refractivity contribution is 14.1. The second-order valence-electron chi connectivity index (χ2n) is 8.40. The fourth-order valence-electron chi connectivity index (χ4n) is 3.05. The van der Waals surface area contributed by atoms with Crippen LogP contribution in [-0.4, -0.2) is 49.4 Å². The molecule has 0 spiro atoms. The predicted molar refractivity (Wildman–Crippen MR) is 153 cm³/mol. The molecule has 0 unspecified atom stereocenters. The second kappa shape index (κ2) is 14.9. The Bertz CT molecular complexity index is 1080. The monoisotopic (exact) mass is 625 g/mol.